The van der Waals surface area contributed by atoms with Gasteiger partial charge in [-0.3, -0.25) is 14.6 Å². The number of carbonyl (C=O) groups excluding carboxylic acids is 4. The van der Waals surface area contributed by atoms with Gasteiger partial charge in [0.05, 0.1) is 6.54 Å². The van der Waals surface area contributed by atoms with Crippen molar-refractivity contribution in [1.29, 1.82) is 0 Å². The van der Waals surface area contributed by atoms with Crippen LogP contribution in [0.25, 0.3) is 0 Å². The summed E-state index contributed by atoms with van der Waals surface area (Å²) in [6.07, 6.45) is 3.05. The zero-order valence-corrected chi connectivity index (χ0v) is 20.1. The van der Waals surface area contributed by atoms with E-state index in [9.17, 15) is 19.2 Å². The third-order valence-electron chi connectivity index (χ3n) is 6.60. The van der Waals surface area contributed by atoms with Crippen LogP contribution in [0.5, 0.6) is 0 Å². The minimum atomic E-state index is -1.47. The van der Waals surface area contributed by atoms with Gasteiger partial charge in [-0.25, -0.2) is 14.5 Å². The van der Waals surface area contributed by atoms with Crippen molar-refractivity contribution in [2.45, 2.75) is 25.0 Å². The largest absolute Gasteiger partial charge is 0.427 e. The van der Waals surface area contributed by atoms with Gasteiger partial charge < -0.3 is 20.3 Å². The Hall–Kier alpha value is -4.73. The minimum absolute atomic E-state index is 0.260. The zero-order valence-electron chi connectivity index (χ0n) is 20.1. The predicted molar refractivity (Wildman–Crippen MR) is 135 cm³/mol. The Bertz CT molecular complexity index is 1360. The molecule has 0 bridgehead atoms. The summed E-state index contributed by atoms with van der Waals surface area (Å²) in [5, 5.41) is 5.18. The van der Waals surface area contributed by atoms with E-state index in [2.05, 4.69) is 15.6 Å². The molecule has 1 aromatic heterocycles. The summed E-state index contributed by atoms with van der Waals surface area (Å²) >= 11 is 0. The molecule has 10 nitrogen and oxygen atoms in total. The molecule has 0 unspecified atom stereocenters. The molecule has 0 saturated carbocycles. The molecule has 5 rings (SSSR count). The Morgan fingerprint density at radius 1 is 1.08 bits per heavy atom. The molecule has 1 aliphatic carbocycles. The number of ether oxygens (including phenoxy) is 1. The first-order valence-corrected chi connectivity index (χ1v) is 11.8. The highest BCUT2D eigenvalue weighted by molar-refractivity contribution is 6.08. The van der Waals surface area contributed by atoms with Gasteiger partial charge in [0, 0.05) is 42.8 Å². The van der Waals surface area contributed by atoms with Gasteiger partial charge in [-0.1, -0.05) is 36.4 Å². The lowest BCUT2D eigenvalue weighted by molar-refractivity contribution is -0.139. The molecule has 2 aromatic carbocycles. The van der Waals surface area contributed by atoms with Crippen LogP contribution in [-0.2, 0) is 32.9 Å². The Balaban J connectivity index is 1.38. The molecular weight excluding hydrogens is 474 g/mol. The molecule has 1 spiro atoms. The summed E-state index contributed by atoms with van der Waals surface area (Å²) in [7, 11) is 1.51. The first-order chi connectivity index (χ1) is 17.9. The average molecular weight is 500 g/mol. The molecule has 2 aliphatic rings. The number of imide groups is 1. The number of fused-ring (bicyclic) bond motifs is 2. The fourth-order valence-electron chi connectivity index (χ4n) is 4.76. The smallest absolute Gasteiger partial charge is 0.418 e. The van der Waals surface area contributed by atoms with Crippen molar-refractivity contribution in [3.63, 3.8) is 0 Å². The van der Waals surface area contributed by atoms with E-state index in [1.54, 1.807) is 42.7 Å². The lowest BCUT2D eigenvalue weighted by Crippen LogP contribution is -2.44. The van der Waals surface area contributed by atoms with E-state index in [1.807, 2.05) is 30.3 Å². The molecule has 37 heavy (non-hydrogen) atoms. The van der Waals surface area contributed by atoms with Crippen LogP contribution in [0.1, 0.15) is 23.1 Å². The fourth-order valence-corrected chi connectivity index (χ4v) is 4.76. The summed E-state index contributed by atoms with van der Waals surface area (Å²) in [5.74, 6) is -0.994. The van der Waals surface area contributed by atoms with Crippen LogP contribution < -0.4 is 15.5 Å². The third kappa shape index (κ3) is 4.49. The molecule has 1 atom stereocenters. The number of benzene rings is 2. The van der Waals surface area contributed by atoms with Gasteiger partial charge in [0.15, 0.2) is 0 Å². The summed E-state index contributed by atoms with van der Waals surface area (Å²) in [6, 6.07) is 17.6. The van der Waals surface area contributed by atoms with E-state index in [-0.39, 0.29) is 19.0 Å². The molecule has 1 saturated heterocycles. The number of hydrogen-bond acceptors (Lipinski definition) is 6. The van der Waals surface area contributed by atoms with E-state index < -0.39 is 30.1 Å². The number of urea groups is 1. The maximum Gasteiger partial charge on any atom is 0.418 e. The highest BCUT2D eigenvalue weighted by Crippen LogP contribution is 2.46. The van der Waals surface area contributed by atoms with Crippen LogP contribution in [0.15, 0.2) is 73.1 Å². The highest BCUT2D eigenvalue weighted by Gasteiger charge is 2.58. The van der Waals surface area contributed by atoms with Crippen molar-refractivity contribution < 1.29 is 23.9 Å². The molecule has 10 heteroatoms. The number of nitrogens with one attached hydrogen (secondary N) is 2. The molecule has 5 amide bonds. The minimum Gasteiger partial charge on any atom is -0.427 e. The lowest BCUT2D eigenvalue weighted by atomic mass is 9.94. The topological polar surface area (TPSA) is 121 Å². The molecule has 3 aromatic rings. The van der Waals surface area contributed by atoms with Crippen LogP contribution in [0.4, 0.5) is 21.0 Å². The first kappa shape index (κ1) is 24.0. The van der Waals surface area contributed by atoms with E-state index in [0.717, 1.165) is 16.0 Å². The summed E-state index contributed by atoms with van der Waals surface area (Å²) in [6.45, 7) is -0.198. The lowest BCUT2D eigenvalue weighted by Gasteiger charge is -2.25. The van der Waals surface area contributed by atoms with E-state index >= 15 is 0 Å². The number of anilines is 2. The highest BCUT2D eigenvalue weighted by atomic mass is 16.6. The van der Waals surface area contributed by atoms with Gasteiger partial charge in [0.25, 0.3) is 5.91 Å². The predicted octanol–water partition coefficient (Wildman–Crippen LogP) is 3.19. The van der Waals surface area contributed by atoms with Crippen LogP contribution >= 0.6 is 0 Å². The number of nitrogens with zero attached hydrogens (tertiary/aromatic N) is 3. The Morgan fingerprint density at radius 2 is 1.84 bits per heavy atom. The van der Waals surface area contributed by atoms with Gasteiger partial charge >= 0.3 is 12.1 Å². The Morgan fingerprint density at radius 3 is 2.57 bits per heavy atom. The number of amides is 5. The average Bonchev–Trinajstić information content (AvgIpc) is 3.40. The molecule has 1 aliphatic heterocycles. The van der Waals surface area contributed by atoms with Crippen molar-refractivity contribution in [2.24, 2.45) is 0 Å². The molecule has 1 fully saturated rings. The van der Waals surface area contributed by atoms with Crippen molar-refractivity contribution in [1.82, 2.24) is 15.2 Å². The third-order valence-corrected chi connectivity index (χ3v) is 6.60. The van der Waals surface area contributed by atoms with Gasteiger partial charge in [-0.15, -0.1) is 0 Å². The number of aryl methyl sites for hydroxylation is 1. The quantitative estimate of drug-likeness (QED) is 0.537. The van der Waals surface area contributed by atoms with Crippen molar-refractivity contribution in [3.8, 4) is 0 Å². The van der Waals surface area contributed by atoms with E-state index in [0.29, 0.717) is 23.4 Å². The molecule has 188 valence electrons. The SMILES string of the molecule is CNC(=O)Nc1ccc2c(c1)CC[C@@]21OC(=O)N(CC(=O)N(Cc2ccccc2)c2ccncc2)C1=O. The second-order valence-electron chi connectivity index (χ2n) is 8.83. The normalized spacial score (nSPS) is 17.9. The van der Waals surface area contributed by atoms with Crippen molar-refractivity contribution in [3.05, 3.63) is 89.7 Å². The number of rotatable bonds is 6. The van der Waals surface area contributed by atoms with Crippen LogP contribution in [0, 0.1) is 0 Å². The number of carbonyl (C=O) groups is 4. The standard InChI is InChI=1S/C27H25N5O5/c1-28-25(35)30-20-7-8-22-19(15-20)9-12-27(22)24(34)32(26(36)37-27)17-23(33)31(21-10-13-29-14-11-21)16-18-5-3-2-4-6-18/h2-8,10-11,13-15H,9,12,16-17H2,1H3,(H2,28,30,35)/t27-/m1/s1. The first-order valence-electron chi connectivity index (χ1n) is 11.8. The fraction of sp³-hybridized carbons (Fsp3) is 0.222. The van der Waals surface area contributed by atoms with Crippen LogP contribution in [0.3, 0.4) is 0 Å². The molecule has 2 N–H and O–H groups in total. The number of aromatic nitrogens is 1. The second kappa shape index (κ2) is 9.73. The molecule has 0 radical (unpaired) electrons. The van der Waals surface area contributed by atoms with E-state index in [4.69, 9.17) is 4.74 Å². The monoisotopic (exact) mass is 499 g/mol. The van der Waals surface area contributed by atoms with Crippen LogP contribution in [-0.4, -0.2) is 47.4 Å². The van der Waals surface area contributed by atoms with Gasteiger partial charge in [-0.05, 0) is 41.8 Å². The zero-order chi connectivity index (χ0) is 26.0. The van der Waals surface area contributed by atoms with Crippen LogP contribution in [0.2, 0.25) is 0 Å². The Kier molecular flexibility index (Phi) is 6.31. The maximum absolute atomic E-state index is 13.6. The maximum atomic E-state index is 13.6. The molecular formula is C27H25N5O5. The number of pyridine rings is 1. The Labute approximate surface area is 213 Å². The molecule has 2 heterocycles. The number of hydrogen-bond donors (Lipinski definition) is 2. The van der Waals surface area contributed by atoms with Crippen molar-refractivity contribution >= 4 is 35.3 Å². The van der Waals surface area contributed by atoms with E-state index in [1.165, 1.54) is 11.9 Å². The second-order valence-corrected chi connectivity index (χ2v) is 8.83. The summed E-state index contributed by atoms with van der Waals surface area (Å²) < 4.78 is 5.66. The van der Waals surface area contributed by atoms with Gasteiger partial charge in [-0.2, -0.15) is 0 Å². The summed E-state index contributed by atoms with van der Waals surface area (Å²) in [5.41, 5.74) is 1.95. The van der Waals surface area contributed by atoms with Gasteiger partial charge in [0.2, 0.25) is 11.5 Å². The summed E-state index contributed by atoms with van der Waals surface area (Å²) in [4.78, 5) is 58.0. The van der Waals surface area contributed by atoms with Gasteiger partial charge in [0.1, 0.15) is 6.54 Å². The van der Waals surface area contributed by atoms with Crippen molar-refractivity contribution in [2.75, 3.05) is 23.8 Å².